The molecule has 0 aliphatic carbocycles. The molecule has 2 heterocycles. The first-order chi connectivity index (χ1) is 10.5. The van der Waals surface area contributed by atoms with E-state index < -0.39 is 17.4 Å². The molecule has 6 heteroatoms. The van der Waals surface area contributed by atoms with Crippen molar-refractivity contribution in [1.82, 2.24) is 9.38 Å². The van der Waals surface area contributed by atoms with Gasteiger partial charge in [0.2, 0.25) is 0 Å². The van der Waals surface area contributed by atoms with Crippen LogP contribution in [0.4, 0.5) is 8.78 Å². The van der Waals surface area contributed by atoms with Crippen LogP contribution in [-0.4, -0.2) is 15.2 Å². The molecule has 0 unspecified atom stereocenters. The van der Waals surface area contributed by atoms with Gasteiger partial charge in [0.1, 0.15) is 5.65 Å². The van der Waals surface area contributed by atoms with Crippen LogP contribution < -0.4 is 0 Å². The van der Waals surface area contributed by atoms with Crippen LogP contribution in [0.3, 0.4) is 0 Å². The topological polar surface area (TPSA) is 34.4 Å². The number of carbonyl (C=O) groups is 1. The number of carbonyl (C=O) groups excluding carboxylic acids is 1. The first kappa shape index (κ1) is 14.6. The zero-order chi connectivity index (χ0) is 15.7. The molecule has 0 radical (unpaired) electrons. The summed E-state index contributed by atoms with van der Waals surface area (Å²) in [5.41, 5.74) is 1.53. The highest BCUT2D eigenvalue weighted by Gasteiger charge is 2.08. The Kier molecular flexibility index (Phi) is 3.85. The molecule has 0 atom stereocenters. The predicted octanol–water partition coefficient (Wildman–Crippen LogP) is 4.27. The zero-order valence-corrected chi connectivity index (χ0v) is 12.7. The molecule has 0 saturated heterocycles. The number of ketones is 1. The van der Waals surface area contributed by atoms with Crippen molar-refractivity contribution in [3.05, 3.63) is 76.2 Å². The maximum absolute atomic E-state index is 13.1. The average Bonchev–Trinajstić information content (AvgIpc) is 2.90. The molecule has 110 valence electrons. The van der Waals surface area contributed by atoms with Crippen molar-refractivity contribution in [2.45, 2.75) is 0 Å². The lowest BCUT2D eigenvalue weighted by molar-refractivity contribution is 0.104. The first-order valence-electron chi connectivity index (χ1n) is 6.35. The number of imidazole rings is 1. The van der Waals surface area contributed by atoms with Gasteiger partial charge >= 0.3 is 0 Å². The zero-order valence-electron chi connectivity index (χ0n) is 11.1. The number of fused-ring (bicyclic) bond motifs is 1. The standard InChI is InChI=1S/C16H9BrF2N2O/c17-11-2-6-16-20-8-12(21(16)9-11)3-5-15(22)10-1-4-13(18)14(19)7-10/h1-9H. The van der Waals surface area contributed by atoms with E-state index in [0.717, 1.165) is 22.3 Å². The summed E-state index contributed by atoms with van der Waals surface area (Å²) in [6.45, 7) is 0. The molecule has 22 heavy (non-hydrogen) atoms. The maximum atomic E-state index is 13.1. The van der Waals surface area contributed by atoms with Gasteiger partial charge in [-0.1, -0.05) is 0 Å². The van der Waals surface area contributed by atoms with Crippen LogP contribution in [0.5, 0.6) is 0 Å². The quantitative estimate of drug-likeness (QED) is 0.515. The number of hydrogen-bond donors (Lipinski definition) is 0. The molecule has 0 N–H and O–H groups in total. The van der Waals surface area contributed by atoms with Gasteiger partial charge in [-0.2, -0.15) is 0 Å². The van der Waals surface area contributed by atoms with Gasteiger partial charge in [0.15, 0.2) is 17.4 Å². The third-order valence-electron chi connectivity index (χ3n) is 3.11. The third-order valence-corrected chi connectivity index (χ3v) is 3.58. The lowest BCUT2D eigenvalue weighted by Gasteiger charge is -1.99. The number of rotatable bonds is 3. The van der Waals surface area contributed by atoms with E-state index >= 15 is 0 Å². The number of allylic oxidation sites excluding steroid dienone is 1. The Labute approximate surface area is 133 Å². The number of aromatic nitrogens is 2. The lowest BCUT2D eigenvalue weighted by Crippen LogP contribution is -1.97. The normalized spacial score (nSPS) is 11.4. The average molecular weight is 363 g/mol. The predicted molar refractivity (Wildman–Crippen MR) is 82.6 cm³/mol. The minimum absolute atomic E-state index is 0.0881. The molecular formula is C16H9BrF2N2O. The molecule has 3 aromatic rings. The van der Waals surface area contributed by atoms with E-state index in [1.165, 1.54) is 12.1 Å². The molecule has 0 fully saturated rings. The monoisotopic (exact) mass is 362 g/mol. The summed E-state index contributed by atoms with van der Waals surface area (Å²) in [7, 11) is 0. The SMILES string of the molecule is O=C(C=Cc1cnc2ccc(Br)cn12)c1ccc(F)c(F)c1. The van der Waals surface area contributed by atoms with E-state index in [0.29, 0.717) is 5.69 Å². The van der Waals surface area contributed by atoms with E-state index in [-0.39, 0.29) is 5.56 Å². The van der Waals surface area contributed by atoms with Crippen LogP contribution in [-0.2, 0) is 0 Å². The highest BCUT2D eigenvalue weighted by Crippen LogP contribution is 2.15. The smallest absolute Gasteiger partial charge is 0.186 e. The van der Waals surface area contributed by atoms with E-state index in [1.54, 1.807) is 16.7 Å². The first-order valence-corrected chi connectivity index (χ1v) is 7.14. The summed E-state index contributed by atoms with van der Waals surface area (Å²) in [5.74, 6) is -2.44. The molecule has 0 bridgehead atoms. The minimum atomic E-state index is -1.04. The summed E-state index contributed by atoms with van der Waals surface area (Å²) in [5, 5.41) is 0. The summed E-state index contributed by atoms with van der Waals surface area (Å²) in [6, 6.07) is 6.76. The van der Waals surface area contributed by atoms with Crippen LogP contribution in [0.1, 0.15) is 16.1 Å². The molecule has 0 saturated carbocycles. The van der Waals surface area contributed by atoms with Crippen molar-refractivity contribution in [3.63, 3.8) is 0 Å². The maximum Gasteiger partial charge on any atom is 0.186 e. The molecule has 3 rings (SSSR count). The van der Waals surface area contributed by atoms with Gasteiger partial charge in [0, 0.05) is 16.2 Å². The second-order valence-corrected chi connectivity index (χ2v) is 5.50. The summed E-state index contributed by atoms with van der Waals surface area (Å²) >= 11 is 3.37. The second kappa shape index (κ2) is 5.81. The van der Waals surface area contributed by atoms with Gasteiger partial charge in [0.25, 0.3) is 0 Å². The van der Waals surface area contributed by atoms with Crippen LogP contribution in [0.2, 0.25) is 0 Å². The number of hydrogen-bond acceptors (Lipinski definition) is 2. The number of pyridine rings is 1. The number of halogens is 3. The largest absolute Gasteiger partial charge is 0.299 e. The Morgan fingerprint density at radius 3 is 2.77 bits per heavy atom. The Hall–Kier alpha value is -2.34. The third kappa shape index (κ3) is 2.82. The molecule has 0 spiro atoms. The Balaban J connectivity index is 1.90. The van der Waals surface area contributed by atoms with E-state index in [9.17, 15) is 13.6 Å². The molecule has 0 aliphatic heterocycles. The van der Waals surface area contributed by atoms with E-state index in [2.05, 4.69) is 20.9 Å². The molecule has 0 amide bonds. The summed E-state index contributed by atoms with van der Waals surface area (Å²) in [4.78, 5) is 16.2. The minimum Gasteiger partial charge on any atom is -0.299 e. The fraction of sp³-hybridized carbons (Fsp3) is 0. The Morgan fingerprint density at radius 2 is 2.00 bits per heavy atom. The fourth-order valence-corrected chi connectivity index (χ4v) is 2.34. The van der Waals surface area contributed by atoms with Crippen molar-refractivity contribution in [1.29, 1.82) is 0 Å². The van der Waals surface area contributed by atoms with Gasteiger partial charge in [-0.25, -0.2) is 13.8 Å². The lowest BCUT2D eigenvalue weighted by atomic mass is 10.1. The van der Waals surface area contributed by atoms with Gasteiger partial charge in [0.05, 0.1) is 11.9 Å². The Bertz CT molecular complexity index is 902. The van der Waals surface area contributed by atoms with Gasteiger partial charge in [-0.3, -0.25) is 9.20 Å². The number of nitrogens with zero attached hydrogens (tertiary/aromatic N) is 2. The molecular weight excluding hydrogens is 354 g/mol. The molecule has 3 nitrogen and oxygen atoms in total. The number of benzene rings is 1. The van der Waals surface area contributed by atoms with Crippen molar-refractivity contribution >= 4 is 33.4 Å². The highest BCUT2D eigenvalue weighted by atomic mass is 79.9. The van der Waals surface area contributed by atoms with Crippen molar-refractivity contribution in [2.24, 2.45) is 0 Å². The summed E-state index contributed by atoms with van der Waals surface area (Å²) in [6.07, 6.45) is 6.33. The van der Waals surface area contributed by atoms with Crippen molar-refractivity contribution in [2.75, 3.05) is 0 Å². The van der Waals surface area contributed by atoms with E-state index in [1.807, 2.05) is 18.3 Å². The van der Waals surface area contributed by atoms with Gasteiger partial charge < -0.3 is 0 Å². The highest BCUT2D eigenvalue weighted by molar-refractivity contribution is 9.10. The van der Waals surface area contributed by atoms with Crippen LogP contribution in [0.25, 0.3) is 11.7 Å². The molecule has 0 aliphatic rings. The molecule has 1 aromatic carbocycles. The van der Waals surface area contributed by atoms with Crippen molar-refractivity contribution in [3.8, 4) is 0 Å². The summed E-state index contributed by atoms with van der Waals surface area (Å²) < 4.78 is 28.7. The van der Waals surface area contributed by atoms with Crippen LogP contribution in [0.15, 0.2) is 53.3 Å². The fourth-order valence-electron chi connectivity index (χ4n) is 2.00. The van der Waals surface area contributed by atoms with Crippen LogP contribution >= 0.6 is 15.9 Å². The van der Waals surface area contributed by atoms with Crippen molar-refractivity contribution < 1.29 is 13.6 Å². The molecule has 2 aromatic heterocycles. The van der Waals surface area contributed by atoms with Gasteiger partial charge in [-0.15, -0.1) is 0 Å². The second-order valence-electron chi connectivity index (χ2n) is 4.59. The van der Waals surface area contributed by atoms with Crippen LogP contribution in [0, 0.1) is 11.6 Å². The van der Waals surface area contributed by atoms with Gasteiger partial charge in [-0.05, 0) is 58.4 Å². The Morgan fingerprint density at radius 1 is 1.18 bits per heavy atom. The van der Waals surface area contributed by atoms with E-state index in [4.69, 9.17) is 0 Å².